The summed E-state index contributed by atoms with van der Waals surface area (Å²) in [4.78, 5) is 63.0. The molecule has 12 aromatic rings. The molecule has 5 aliphatic rings. The third kappa shape index (κ3) is 17.8. The first kappa shape index (κ1) is 80.0. The fourth-order valence-corrected chi connectivity index (χ4v) is 18.6. The highest BCUT2D eigenvalue weighted by Crippen LogP contribution is 2.40. The Kier molecular flexibility index (Phi) is 24.8. The summed E-state index contributed by atoms with van der Waals surface area (Å²) in [7, 11) is 3.06. The number of aromatic nitrogens is 9. The first-order valence-corrected chi connectivity index (χ1v) is 41.8. The van der Waals surface area contributed by atoms with Crippen molar-refractivity contribution in [2.75, 3.05) is 54.5 Å². The first-order valence-electron chi connectivity index (χ1n) is 34.6. The van der Waals surface area contributed by atoms with E-state index in [2.05, 4.69) is 10.1 Å². The molecule has 0 spiro atoms. The van der Waals surface area contributed by atoms with Gasteiger partial charge in [-0.3, -0.25) is 43.8 Å². The van der Waals surface area contributed by atoms with Crippen molar-refractivity contribution in [3.8, 4) is 67.1 Å². The minimum atomic E-state index is -3.60. The lowest BCUT2D eigenvalue weighted by molar-refractivity contribution is -0.122. The number of morpholine rings is 1. The summed E-state index contributed by atoms with van der Waals surface area (Å²) in [5.74, 6) is -1.94. The maximum absolute atomic E-state index is 14.2. The number of amides is 4. The molecule has 0 N–H and O–H groups in total. The molecule has 4 amide bonds. The second-order valence-electron chi connectivity index (χ2n) is 25.2. The number of carbonyl (C=O) groups excluding carboxylic acids is 4. The second kappa shape index (κ2) is 35.4. The lowest BCUT2D eigenvalue weighted by Crippen LogP contribution is -2.40. The second-order valence-corrected chi connectivity index (χ2v) is 34.8. The Hall–Kier alpha value is -10.7. The van der Waals surface area contributed by atoms with Gasteiger partial charge in [-0.05, 0) is 109 Å². The summed E-state index contributed by atoms with van der Waals surface area (Å²) in [6.07, 6.45) is 17.8. The highest BCUT2D eigenvalue weighted by atomic mass is 32.2. The molecule has 17 rings (SSSR count). The van der Waals surface area contributed by atoms with Crippen LogP contribution >= 0.6 is 107 Å². The summed E-state index contributed by atoms with van der Waals surface area (Å²) < 4.78 is 69.0. The molecule has 5 aliphatic heterocycles. The number of thiocarbonyl (C=S) groups is 4. The number of benzene rings is 6. The standard InChI is InChI=1S/C24H22N4O4S3.C20H15N3OS2.C19H12F2N4OS2.C18H13N3OS3/c1-26-23(29)21(34-24(26)33)15-18-16-28(19-5-3-2-4-6-19)25-22(18)17-7-9-20(10-8-17)35(30,31)27-11-13-32-14-12-27;1-22-19(24)17(26-20(22)25)12-15-13-23(16-10-6-3-7-11-16)21-18(15)14-8-4-2-5-9-14;1-24-18(26)16(28-19(24)27)7-12-10-25(15-5-4-13(20)8-14(15)21)23-17(12)11-3-2-6-22-9-11;1-20-17(22)15(25-18(20)23)10-12-11-21(13-6-3-2-4-7-13)19-16(12)14-8-5-9-24-14/h2-10,15-16H,11-14H2,1H3;2-13H,1H3;2-10H,1H3;2-11H,1H3/b21-15-;17-12-;16-7-;15-10-. The number of halogens is 2. The zero-order valence-corrected chi connectivity index (χ0v) is 68.7. The van der Waals surface area contributed by atoms with Crippen LogP contribution < -0.4 is 0 Å². The van der Waals surface area contributed by atoms with Gasteiger partial charge in [-0.2, -0.15) is 24.7 Å². The fraction of sp³-hybridized carbons (Fsp3) is 0.0988. The van der Waals surface area contributed by atoms with Gasteiger partial charge in [0, 0.05) is 123 Å². The molecule has 11 heterocycles. The summed E-state index contributed by atoms with van der Waals surface area (Å²) in [5, 5.41) is 20.7. The van der Waals surface area contributed by atoms with Gasteiger partial charge in [-0.1, -0.05) is 199 Å². The number of hydrogen-bond acceptors (Lipinski definition) is 21. The molecule has 114 heavy (non-hydrogen) atoms. The largest absolute Gasteiger partial charge is 0.379 e. The van der Waals surface area contributed by atoms with Gasteiger partial charge in [0.15, 0.2) is 5.82 Å². The van der Waals surface area contributed by atoms with Crippen molar-refractivity contribution in [2.24, 2.45) is 0 Å². The van der Waals surface area contributed by atoms with E-state index in [1.54, 1.807) is 105 Å². The number of ether oxygens (including phenoxy) is 1. The topological polar surface area (TPSA) is 212 Å². The van der Waals surface area contributed by atoms with Crippen LogP contribution in [0.25, 0.3) is 91.4 Å². The number of likely N-dealkylation sites (N-methyl/N-ethyl adjacent to an activating group) is 4. The van der Waals surface area contributed by atoms with Crippen molar-refractivity contribution in [1.29, 1.82) is 0 Å². The van der Waals surface area contributed by atoms with Crippen LogP contribution in [0.4, 0.5) is 8.78 Å². The highest BCUT2D eigenvalue weighted by molar-refractivity contribution is 8.28. The van der Waals surface area contributed by atoms with Crippen LogP contribution in [0.5, 0.6) is 0 Å². The number of carbonyl (C=O) groups is 4. The van der Waals surface area contributed by atoms with E-state index in [0.717, 1.165) is 73.3 Å². The van der Waals surface area contributed by atoms with E-state index in [4.69, 9.17) is 68.9 Å². The minimum Gasteiger partial charge on any atom is -0.379 e. The molecule has 5 saturated heterocycles. The summed E-state index contributed by atoms with van der Waals surface area (Å²) in [5.41, 5.74) is 11.3. The van der Waals surface area contributed by atoms with Crippen molar-refractivity contribution in [3.05, 3.63) is 284 Å². The molecule has 0 atom stereocenters. The molecule has 0 bridgehead atoms. The Morgan fingerprint density at radius 1 is 0.430 bits per heavy atom. The van der Waals surface area contributed by atoms with Crippen molar-refractivity contribution >= 4 is 182 Å². The van der Waals surface area contributed by atoms with Gasteiger partial charge >= 0.3 is 0 Å². The molecule has 0 unspecified atom stereocenters. The van der Waals surface area contributed by atoms with Gasteiger partial charge in [0.05, 0.1) is 71.1 Å². The molecular formula is C81H62F2N14O7S10. The van der Waals surface area contributed by atoms with Crippen LogP contribution in [-0.4, -0.2) is 172 Å². The van der Waals surface area contributed by atoms with Gasteiger partial charge in [0.2, 0.25) is 10.0 Å². The van der Waals surface area contributed by atoms with Crippen molar-refractivity contribution in [2.45, 2.75) is 4.90 Å². The predicted molar refractivity (Wildman–Crippen MR) is 465 cm³/mol. The van der Waals surface area contributed by atoms with Crippen LogP contribution in [0, 0.1) is 11.6 Å². The van der Waals surface area contributed by atoms with Crippen molar-refractivity contribution < 1.29 is 41.1 Å². The molecule has 572 valence electrons. The zero-order chi connectivity index (χ0) is 79.9. The monoisotopic (exact) mass is 1700 g/mol. The van der Waals surface area contributed by atoms with Crippen molar-refractivity contribution in [1.82, 2.24) is 68.0 Å². The maximum atomic E-state index is 14.2. The number of thioether (sulfide) groups is 4. The van der Waals surface area contributed by atoms with E-state index in [-0.39, 0.29) is 34.2 Å². The lowest BCUT2D eigenvalue weighted by atomic mass is 10.1. The average molecular weight is 1700 g/mol. The Balaban J connectivity index is 0.000000127. The highest BCUT2D eigenvalue weighted by Gasteiger charge is 2.34. The Labute approximate surface area is 696 Å². The molecule has 0 radical (unpaired) electrons. The van der Waals surface area contributed by atoms with Crippen LogP contribution in [0.2, 0.25) is 0 Å². The average Bonchev–Trinajstić information content (AvgIpc) is 1.53. The Morgan fingerprint density at radius 2 is 0.807 bits per heavy atom. The Morgan fingerprint density at radius 3 is 1.19 bits per heavy atom. The van der Waals surface area contributed by atoms with Crippen molar-refractivity contribution in [3.63, 3.8) is 0 Å². The molecule has 6 aromatic heterocycles. The summed E-state index contributed by atoms with van der Waals surface area (Å²) in [6, 6.07) is 57.0. The summed E-state index contributed by atoms with van der Waals surface area (Å²) >= 11 is 27.6. The number of thiophene rings is 1. The molecule has 21 nitrogen and oxygen atoms in total. The molecule has 33 heteroatoms. The quantitative estimate of drug-likeness (QED) is 0.0731. The number of pyridine rings is 1. The number of rotatable bonds is 14. The predicted octanol–water partition coefficient (Wildman–Crippen LogP) is 16.2. The molecule has 6 aromatic carbocycles. The van der Waals surface area contributed by atoms with E-state index in [0.29, 0.717) is 85.7 Å². The van der Waals surface area contributed by atoms with E-state index < -0.39 is 21.7 Å². The van der Waals surface area contributed by atoms with Gasteiger partial charge in [0.25, 0.3) is 23.6 Å². The lowest BCUT2D eigenvalue weighted by Gasteiger charge is -2.26. The van der Waals surface area contributed by atoms with Gasteiger partial charge in [0.1, 0.15) is 40.2 Å². The Bertz CT molecular complexity index is 5980. The summed E-state index contributed by atoms with van der Waals surface area (Å²) in [6.45, 7) is 1.46. The SMILES string of the molecule is CN1C(=O)/C(=C/c2cn(-c3ccc(F)cc3F)nc2-c2cccnc2)SC1=S.CN1C(=O)/C(=C/c2cn(-c3ccccc3)nc2-c2ccc(S(=O)(=O)N3CCOCC3)cc2)SC1=S.CN1C(=O)/C(=C/c2cn(-c3ccccc3)nc2-c2ccccc2)SC1=S.CN1C(=O)/C(=C/c2cn(-c3ccccc3)nc2-c2cccs2)SC1=S. The normalized spacial score (nSPS) is 16.7. The third-order valence-electron chi connectivity index (χ3n) is 17.8. The zero-order valence-electron chi connectivity index (χ0n) is 60.5. The number of nitrogens with zero attached hydrogens (tertiary/aromatic N) is 14. The van der Waals surface area contributed by atoms with Gasteiger partial charge in [-0.15, -0.1) is 11.3 Å². The first-order chi connectivity index (χ1) is 55.0. The maximum Gasteiger partial charge on any atom is 0.265 e. The van der Waals surface area contributed by atoms with E-state index in [1.165, 1.54) is 81.7 Å². The number of sulfonamides is 1. The van der Waals surface area contributed by atoms with Crippen LogP contribution in [0.1, 0.15) is 22.3 Å². The third-order valence-corrected chi connectivity index (χ3v) is 26.5. The van der Waals surface area contributed by atoms with Gasteiger partial charge < -0.3 is 4.74 Å². The van der Waals surface area contributed by atoms with E-state index >= 15 is 0 Å². The number of hydrogen-bond donors (Lipinski definition) is 0. The fourth-order valence-electron chi connectivity index (χ4n) is 11.7. The van der Waals surface area contributed by atoms with Gasteiger partial charge in [-0.25, -0.2) is 35.9 Å². The van der Waals surface area contributed by atoms with E-state index in [1.807, 2.05) is 185 Å². The molecule has 0 aliphatic carbocycles. The minimum absolute atomic E-state index is 0.0698. The van der Waals surface area contributed by atoms with Crippen LogP contribution in [0.3, 0.4) is 0 Å². The smallest absolute Gasteiger partial charge is 0.265 e. The van der Waals surface area contributed by atoms with E-state index in [9.17, 15) is 36.4 Å². The van der Waals surface area contributed by atoms with Crippen LogP contribution in [-0.2, 0) is 33.9 Å². The molecule has 0 saturated carbocycles. The molecule has 5 fully saturated rings. The number of para-hydroxylation sites is 3. The molecular weight excluding hydrogens is 1640 g/mol. The van der Waals surface area contributed by atoms with Crippen LogP contribution in [0.15, 0.2) is 255 Å².